The molecule has 0 unspecified atom stereocenters. The molecule has 0 saturated heterocycles. The molecular weight excluding hydrogens is 220 g/mol. The highest BCUT2D eigenvalue weighted by Crippen LogP contribution is 2.16. The highest BCUT2D eigenvalue weighted by molar-refractivity contribution is 6.96. The van der Waals surface area contributed by atoms with Crippen LogP contribution >= 0.6 is 0 Å². The number of rotatable bonds is 1. The van der Waals surface area contributed by atoms with Crippen molar-refractivity contribution < 1.29 is 0 Å². The van der Waals surface area contributed by atoms with Gasteiger partial charge in [-0.05, 0) is 36.4 Å². The van der Waals surface area contributed by atoms with Gasteiger partial charge in [-0.3, -0.25) is 0 Å². The highest BCUT2D eigenvalue weighted by atomic mass is 28.3. The van der Waals surface area contributed by atoms with Crippen LogP contribution in [-0.4, -0.2) is 8.07 Å². The third kappa shape index (κ3) is 3.34. The first-order valence-electron chi connectivity index (χ1n) is 6.46. The minimum atomic E-state index is -1.57. The van der Waals surface area contributed by atoms with Gasteiger partial charge in [0, 0.05) is 0 Å². The van der Waals surface area contributed by atoms with Crippen LogP contribution in [0.2, 0.25) is 13.1 Å². The molecule has 0 N–H and O–H groups in total. The standard InChI is InChI=1S/C16H20Si/c1-17(2,16-11-7-4-8-12-16)14-13-15-9-5-3-6-10-15/h4,7-9,11-12H,3,5-6,10H2,1-2H3. The van der Waals surface area contributed by atoms with E-state index in [4.69, 9.17) is 0 Å². The molecule has 1 heteroatoms. The molecule has 1 aliphatic rings. The first kappa shape index (κ1) is 12.2. The van der Waals surface area contributed by atoms with Crippen LogP contribution in [0.25, 0.3) is 0 Å². The van der Waals surface area contributed by atoms with E-state index in [1.54, 1.807) is 0 Å². The molecule has 0 spiro atoms. The molecule has 0 bridgehead atoms. The lowest BCUT2D eigenvalue weighted by atomic mass is 10.0. The Balaban J connectivity index is 2.17. The molecular formula is C16H20Si. The van der Waals surface area contributed by atoms with Crippen molar-refractivity contribution >= 4 is 13.3 Å². The predicted octanol–water partition coefficient (Wildman–Crippen LogP) is 3.65. The summed E-state index contributed by atoms with van der Waals surface area (Å²) in [6.07, 6.45) is 7.38. The van der Waals surface area contributed by atoms with Crippen molar-refractivity contribution in [3.8, 4) is 11.5 Å². The Bertz CT molecular complexity index is 457. The molecule has 0 nitrogen and oxygen atoms in total. The van der Waals surface area contributed by atoms with Crippen molar-refractivity contribution in [1.82, 2.24) is 0 Å². The summed E-state index contributed by atoms with van der Waals surface area (Å²) in [4.78, 5) is 0. The smallest absolute Gasteiger partial charge is 0.121 e. The van der Waals surface area contributed by atoms with Crippen LogP contribution in [0.1, 0.15) is 25.7 Å². The molecule has 1 aromatic carbocycles. The molecule has 0 aliphatic heterocycles. The van der Waals surface area contributed by atoms with Crippen molar-refractivity contribution in [3.63, 3.8) is 0 Å². The Labute approximate surface area is 106 Å². The van der Waals surface area contributed by atoms with Crippen LogP contribution in [0, 0.1) is 11.5 Å². The summed E-state index contributed by atoms with van der Waals surface area (Å²) in [7, 11) is -1.57. The van der Waals surface area contributed by atoms with Gasteiger partial charge >= 0.3 is 0 Å². The topological polar surface area (TPSA) is 0 Å². The Morgan fingerprint density at radius 1 is 1.06 bits per heavy atom. The lowest BCUT2D eigenvalue weighted by Crippen LogP contribution is -2.39. The second-order valence-electron chi connectivity index (χ2n) is 5.22. The van der Waals surface area contributed by atoms with Crippen molar-refractivity contribution in [3.05, 3.63) is 42.0 Å². The van der Waals surface area contributed by atoms with Gasteiger partial charge in [0.25, 0.3) is 0 Å². The van der Waals surface area contributed by atoms with E-state index in [0.29, 0.717) is 0 Å². The third-order valence-corrected chi connectivity index (χ3v) is 5.85. The van der Waals surface area contributed by atoms with Crippen molar-refractivity contribution in [1.29, 1.82) is 0 Å². The van der Waals surface area contributed by atoms with Crippen LogP contribution in [-0.2, 0) is 0 Å². The van der Waals surface area contributed by atoms with Crippen LogP contribution in [0.5, 0.6) is 0 Å². The van der Waals surface area contributed by atoms with Gasteiger partial charge in [0.2, 0.25) is 0 Å². The maximum Gasteiger partial charge on any atom is 0.163 e. The molecule has 17 heavy (non-hydrogen) atoms. The highest BCUT2D eigenvalue weighted by Gasteiger charge is 2.20. The number of hydrogen-bond donors (Lipinski definition) is 0. The van der Waals surface area contributed by atoms with E-state index in [0.717, 1.165) is 0 Å². The average molecular weight is 240 g/mol. The van der Waals surface area contributed by atoms with Crippen molar-refractivity contribution in [2.24, 2.45) is 0 Å². The number of hydrogen-bond acceptors (Lipinski definition) is 0. The van der Waals surface area contributed by atoms with Crippen LogP contribution in [0.4, 0.5) is 0 Å². The zero-order valence-electron chi connectivity index (χ0n) is 10.8. The molecule has 0 saturated carbocycles. The number of benzene rings is 1. The lowest BCUT2D eigenvalue weighted by Gasteiger charge is -2.15. The van der Waals surface area contributed by atoms with Gasteiger partial charge in [0.1, 0.15) is 0 Å². The first-order chi connectivity index (χ1) is 8.18. The summed E-state index contributed by atoms with van der Waals surface area (Å²) >= 11 is 0. The van der Waals surface area contributed by atoms with Crippen LogP contribution in [0.15, 0.2) is 42.0 Å². The number of allylic oxidation sites excluding steroid dienone is 2. The second kappa shape index (κ2) is 5.38. The molecule has 0 heterocycles. The van der Waals surface area contributed by atoms with Crippen molar-refractivity contribution in [2.75, 3.05) is 0 Å². The maximum atomic E-state index is 3.57. The predicted molar refractivity (Wildman–Crippen MR) is 77.9 cm³/mol. The van der Waals surface area contributed by atoms with Gasteiger partial charge in [-0.2, -0.15) is 0 Å². The van der Waals surface area contributed by atoms with E-state index in [2.05, 4.69) is 61.0 Å². The van der Waals surface area contributed by atoms with Crippen molar-refractivity contribution in [2.45, 2.75) is 38.8 Å². The minimum Gasteiger partial charge on any atom is -0.121 e. The van der Waals surface area contributed by atoms with Gasteiger partial charge in [0.15, 0.2) is 8.07 Å². The first-order valence-corrected chi connectivity index (χ1v) is 9.46. The van der Waals surface area contributed by atoms with Gasteiger partial charge in [0.05, 0.1) is 0 Å². The Hall–Kier alpha value is -1.26. The van der Waals surface area contributed by atoms with Crippen LogP contribution < -0.4 is 5.19 Å². The normalized spacial score (nSPS) is 15.8. The molecule has 0 fully saturated rings. The van der Waals surface area contributed by atoms with E-state index in [1.165, 1.54) is 36.4 Å². The average Bonchev–Trinajstić information content (AvgIpc) is 2.39. The molecule has 0 aromatic heterocycles. The van der Waals surface area contributed by atoms with Gasteiger partial charge < -0.3 is 0 Å². The SMILES string of the molecule is C[Si](C)(C#CC1=CCCCC1)c1ccccc1. The maximum absolute atomic E-state index is 3.57. The zero-order valence-corrected chi connectivity index (χ0v) is 11.8. The second-order valence-corrected chi connectivity index (χ2v) is 9.29. The zero-order chi connectivity index (χ0) is 12.1. The van der Waals surface area contributed by atoms with E-state index < -0.39 is 8.07 Å². The monoisotopic (exact) mass is 240 g/mol. The summed E-state index contributed by atoms with van der Waals surface area (Å²) in [6.45, 7) is 4.66. The summed E-state index contributed by atoms with van der Waals surface area (Å²) in [5, 5.41) is 1.43. The summed E-state index contributed by atoms with van der Waals surface area (Å²) in [5.41, 5.74) is 4.93. The van der Waals surface area contributed by atoms with E-state index >= 15 is 0 Å². The molecule has 1 aliphatic carbocycles. The Morgan fingerprint density at radius 2 is 1.82 bits per heavy atom. The Morgan fingerprint density at radius 3 is 2.47 bits per heavy atom. The van der Waals surface area contributed by atoms with E-state index in [-0.39, 0.29) is 0 Å². The molecule has 0 radical (unpaired) electrons. The van der Waals surface area contributed by atoms with Gasteiger partial charge in [-0.25, -0.2) is 0 Å². The summed E-state index contributed by atoms with van der Waals surface area (Å²) < 4.78 is 0. The fraction of sp³-hybridized carbons (Fsp3) is 0.375. The molecule has 2 rings (SSSR count). The largest absolute Gasteiger partial charge is 0.163 e. The quantitative estimate of drug-likeness (QED) is 0.519. The van der Waals surface area contributed by atoms with Crippen LogP contribution in [0.3, 0.4) is 0 Å². The Kier molecular flexibility index (Phi) is 3.86. The molecule has 0 atom stereocenters. The van der Waals surface area contributed by atoms with Gasteiger partial charge in [-0.15, -0.1) is 5.54 Å². The van der Waals surface area contributed by atoms with E-state index in [1.807, 2.05) is 0 Å². The third-order valence-electron chi connectivity index (χ3n) is 3.32. The minimum absolute atomic E-state index is 1.19. The fourth-order valence-corrected chi connectivity index (χ4v) is 3.76. The summed E-state index contributed by atoms with van der Waals surface area (Å²) in [6, 6.07) is 10.7. The fourth-order valence-electron chi connectivity index (χ4n) is 2.12. The van der Waals surface area contributed by atoms with Gasteiger partial charge in [-0.1, -0.05) is 55.4 Å². The van der Waals surface area contributed by atoms with E-state index in [9.17, 15) is 0 Å². The lowest BCUT2D eigenvalue weighted by molar-refractivity contribution is 0.715. The molecule has 0 amide bonds. The molecule has 88 valence electrons. The summed E-state index contributed by atoms with van der Waals surface area (Å²) in [5.74, 6) is 3.43. The molecule has 1 aromatic rings.